The van der Waals surface area contributed by atoms with E-state index in [1.807, 2.05) is 13.8 Å². The molecule has 1 aromatic heterocycles. The molecule has 4 nitrogen and oxygen atoms in total. The average Bonchev–Trinajstić information content (AvgIpc) is 2.71. The molecule has 0 aromatic carbocycles. The topological polar surface area (TPSA) is 55.3 Å². The number of hydrogen-bond donors (Lipinski definition) is 1. The molecule has 2 N–H and O–H groups in total. The minimum Gasteiger partial charge on any atom is -0.361 e. The molecule has 16 heavy (non-hydrogen) atoms. The molecule has 1 fully saturated rings. The van der Waals surface area contributed by atoms with E-state index in [1.165, 1.54) is 5.56 Å². The Bertz CT molecular complexity index is 353. The van der Waals surface area contributed by atoms with Gasteiger partial charge in [0.05, 0.1) is 11.7 Å². The van der Waals surface area contributed by atoms with Gasteiger partial charge in [0.2, 0.25) is 0 Å². The summed E-state index contributed by atoms with van der Waals surface area (Å²) in [5, 5.41) is 4.03. The minimum absolute atomic E-state index is 0.194. The molecular formula is C12H21N3O. The summed E-state index contributed by atoms with van der Waals surface area (Å²) in [5.74, 6) is 0.908. The van der Waals surface area contributed by atoms with Gasteiger partial charge in [0, 0.05) is 24.2 Å². The van der Waals surface area contributed by atoms with E-state index in [9.17, 15) is 0 Å². The molecule has 2 atom stereocenters. The van der Waals surface area contributed by atoms with E-state index >= 15 is 0 Å². The monoisotopic (exact) mass is 223 g/mol. The summed E-state index contributed by atoms with van der Waals surface area (Å²) in [6.45, 7) is 9.45. The molecule has 4 heteroatoms. The number of nitrogens with two attached hydrogens (primary N) is 1. The van der Waals surface area contributed by atoms with Gasteiger partial charge in [-0.05, 0) is 34.1 Å². The lowest BCUT2D eigenvalue weighted by Crippen LogP contribution is -2.36. The van der Waals surface area contributed by atoms with Gasteiger partial charge in [-0.15, -0.1) is 0 Å². The van der Waals surface area contributed by atoms with E-state index in [0.29, 0.717) is 6.04 Å². The summed E-state index contributed by atoms with van der Waals surface area (Å²) < 4.78 is 5.25. The van der Waals surface area contributed by atoms with Gasteiger partial charge in [-0.1, -0.05) is 5.16 Å². The molecule has 0 radical (unpaired) electrons. The fourth-order valence-corrected chi connectivity index (χ4v) is 2.71. The fraction of sp³-hybridized carbons (Fsp3) is 0.750. The Labute approximate surface area is 96.8 Å². The van der Waals surface area contributed by atoms with E-state index in [4.69, 9.17) is 10.3 Å². The Kier molecular flexibility index (Phi) is 3.04. The second kappa shape index (κ2) is 4.18. The lowest BCUT2D eigenvalue weighted by atomic mass is 9.98. The molecular weight excluding hydrogens is 202 g/mol. The van der Waals surface area contributed by atoms with Crippen molar-refractivity contribution < 1.29 is 4.52 Å². The van der Waals surface area contributed by atoms with Crippen LogP contribution >= 0.6 is 0 Å². The second-order valence-corrected chi connectivity index (χ2v) is 4.97. The Balaban J connectivity index is 2.37. The summed E-state index contributed by atoms with van der Waals surface area (Å²) in [4.78, 5) is 2.44. The highest BCUT2D eigenvalue weighted by atomic mass is 16.5. The van der Waals surface area contributed by atoms with Crippen molar-refractivity contribution >= 4 is 0 Å². The van der Waals surface area contributed by atoms with Crippen LogP contribution in [-0.2, 0) is 0 Å². The highest BCUT2D eigenvalue weighted by Crippen LogP contribution is 2.35. The summed E-state index contributed by atoms with van der Waals surface area (Å²) in [6.07, 6.45) is 1.05. The van der Waals surface area contributed by atoms with Crippen LogP contribution in [0.4, 0.5) is 0 Å². The van der Waals surface area contributed by atoms with E-state index in [2.05, 4.69) is 23.9 Å². The van der Waals surface area contributed by atoms with Crippen molar-refractivity contribution in [2.24, 2.45) is 5.73 Å². The maximum absolute atomic E-state index is 6.23. The molecule has 0 aliphatic carbocycles. The second-order valence-electron chi connectivity index (χ2n) is 4.97. The first-order valence-electron chi connectivity index (χ1n) is 5.96. The maximum atomic E-state index is 6.23. The lowest BCUT2D eigenvalue weighted by Gasteiger charge is -2.30. The predicted octanol–water partition coefficient (Wildman–Crippen LogP) is 1.77. The summed E-state index contributed by atoms with van der Waals surface area (Å²) in [5.41, 5.74) is 8.40. The average molecular weight is 223 g/mol. The van der Waals surface area contributed by atoms with Gasteiger partial charge in [0.25, 0.3) is 0 Å². The first kappa shape index (κ1) is 11.6. The molecule has 2 rings (SSSR count). The number of likely N-dealkylation sites (tertiary alicyclic amines) is 1. The first-order valence-corrected chi connectivity index (χ1v) is 5.96. The molecule has 1 aliphatic rings. The van der Waals surface area contributed by atoms with Crippen LogP contribution in [-0.4, -0.2) is 28.7 Å². The van der Waals surface area contributed by atoms with Crippen molar-refractivity contribution in [2.45, 2.75) is 52.2 Å². The Morgan fingerprint density at radius 2 is 2.12 bits per heavy atom. The van der Waals surface area contributed by atoms with E-state index in [1.54, 1.807) is 0 Å². The highest BCUT2D eigenvalue weighted by Gasteiger charge is 2.37. The van der Waals surface area contributed by atoms with Crippen LogP contribution in [0.1, 0.15) is 43.3 Å². The molecule has 90 valence electrons. The minimum atomic E-state index is 0.194. The van der Waals surface area contributed by atoms with E-state index < -0.39 is 0 Å². The maximum Gasteiger partial charge on any atom is 0.138 e. The predicted molar refractivity (Wildman–Crippen MR) is 63.2 cm³/mol. The first-order chi connectivity index (χ1) is 7.52. The number of nitrogens with zero attached hydrogens (tertiary/aromatic N) is 2. The molecule has 0 bridgehead atoms. The number of aryl methyl sites for hydroxylation is 2. The molecule has 1 saturated heterocycles. The summed E-state index contributed by atoms with van der Waals surface area (Å²) >= 11 is 0. The molecule has 1 aliphatic heterocycles. The molecule has 1 aromatic rings. The van der Waals surface area contributed by atoms with Gasteiger partial charge in [-0.2, -0.15) is 0 Å². The van der Waals surface area contributed by atoms with Gasteiger partial charge in [0.1, 0.15) is 5.76 Å². The van der Waals surface area contributed by atoms with E-state index in [-0.39, 0.29) is 12.1 Å². The van der Waals surface area contributed by atoms with Crippen molar-refractivity contribution in [3.63, 3.8) is 0 Å². The van der Waals surface area contributed by atoms with Crippen LogP contribution in [0, 0.1) is 13.8 Å². The zero-order valence-electron chi connectivity index (χ0n) is 10.5. The van der Waals surface area contributed by atoms with Crippen molar-refractivity contribution in [3.8, 4) is 0 Å². The van der Waals surface area contributed by atoms with Gasteiger partial charge in [0.15, 0.2) is 0 Å². The third kappa shape index (κ3) is 1.76. The standard InChI is InChI=1S/C12H21N3O/c1-7(2)15-6-5-10(13)12(15)11-8(3)14-16-9(11)4/h7,10,12H,5-6,13H2,1-4H3/t10-,12-/m1/s1. The van der Waals surface area contributed by atoms with Crippen molar-refractivity contribution in [1.29, 1.82) is 0 Å². The molecule has 0 unspecified atom stereocenters. The third-order valence-corrected chi connectivity index (χ3v) is 3.53. The Morgan fingerprint density at radius 3 is 2.62 bits per heavy atom. The van der Waals surface area contributed by atoms with Crippen LogP contribution in [0.3, 0.4) is 0 Å². The zero-order valence-corrected chi connectivity index (χ0v) is 10.5. The van der Waals surface area contributed by atoms with Crippen LogP contribution in [0.15, 0.2) is 4.52 Å². The number of hydrogen-bond acceptors (Lipinski definition) is 4. The number of aromatic nitrogens is 1. The lowest BCUT2D eigenvalue weighted by molar-refractivity contribution is 0.196. The van der Waals surface area contributed by atoms with Crippen molar-refractivity contribution in [3.05, 3.63) is 17.0 Å². The summed E-state index contributed by atoms with van der Waals surface area (Å²) in [7, 11) is 0. The highest BCUT2D eigenvalue weighted by molar-refractivity contribution is 5.28. The summed E-state index contributed by atoms with van der Waals surface area (Å²) in [6, 6.07) is 0.970. The van der Waals surface area contributed by atoms with Gasteiger partial charge in [-0.3, -0.25) is 4.90 Å². The van der Waals surface area contributed by atoms with Gasteiger partial charge in [-0.25, -0.2) is 0 Å². The van der Waals surface area contributed by atoms with Crippen LogP contribution < -0.4 is 5.73 Å². The van der Waals surface area contributed by atoms with Gasteiger partial charge < -0.3 is 10.3 Å². The van der Waals surface area contributed by atoms with Crippen LogP contribution in [0.25, 0.3) is 0 Å². The van der Waals surface area contributed by atoms with Crippen molar-refractivity contribution in [1.82, 2.24) is 10.1 Å². The van der Waals surface area contributed by atoms with Crippen LogP contribution in [0.5, 0.6) is 0 Å². The molecule has 0 spiro atoms. The third-order valence-electron chi connectivity index (χ3n) is 3.53. The largest absolute Gasteiger partial charge is 0.361 e. The molecule has 0 saturated carbocycles. The molecule has 0 amide bonds. The SMILES string of the molecule is Cc1noc(C)c1[C@H]1[C@H](N)CCN1C(C)C. The normalized spacial score (nSPS) is 26.9. The van der Waals surface area contributed by atoms with Gasteiger partial charge >= 0.3 is 0 Å². The Hall–Kier alpha value is -0.870. The van der Waals surface area contributed by atoms with Crippen molar-refractivity contribution in [2.75, 3.05) is 6.54 Å². The quantitative estimate of drug-likeness (QED) is 0.830. The zero-order chi connectivity index (χ0) is 11.9. The molecule has 2 heterocycles. The fourth-order valence-electron chi connectivity index (χ4n) is 2.71. The Morgan fingerprint density at radius 1 is 1.44 bits per heavy atom. The van der Waals surface area contributed by atoms with E-state index in [0.717, 1.165) is 24.4 Å². The van der Waals surface area contributed by atoms with Crippen LogP contribution in [0.2, 0.25) is 0 Å². The smallest absolute Gasteiger partial charge is 0.138 e. The number of rotatable bonds is 2.